The molecule has 4 heteroatoms. The summed E-state index contributed by atoms with van der Waals surface area (Å²) in [4.78, 5) is 8.57. The van der Waals surface area contributed by atoms with Crippen LogP contribution in [0, 0.1) is 0 Å². The van der Waals surface area contributed by atoms with Crippen molar-refractivity contribution >= 4 is 11.6 Å². The fraction of sp³-hybridized carbons (Fsp3) is 0.273. The van der Waals surface area contributed by atoms with Crippen LogP contribution in [0.2, 0.25) is 5.28 Å². The molecule has 0 unspecified atom stereocenters. The summed E-state index contributed by atoms with van der Waals surface area (Å²) in [6.45, 7) is 0. The molecule has 2 aromatic heterocycles. The van der Waals surface area contributed by atoms with Crippen LogP contribution >= 0.6 is 11.6 Å². The fourth-order valence-corrected chi connectivity index (χ4v) is 2.25. The summed E-state index contributed by atoms with van der Waals surface area (Å²) in [6, 6.07) is 3.97. The van der Waals surface area contributed by atoms with E-state index in [1.165, 1.54) is 5.56 Å². The molecule has 3 rings (SSSR count). The molecule has 0 spiro atoms. The van der Waals surface area contributed by atoms with Crippen LogP contribution in [0.3, 0.4) is 0 Å². The minimum Gasteiger partial charge on any atom is -0.308 e. The van der Waals surface area contributed by atoms with Crippen LogP contribution < -0.4 is 0 Å². The molecular weight excluding hydrogens is 210 g/mol. The first-order valence-corrected chi connectivity index (χ1v) is 5.41. The van der Waals surface area contributed by atoms with Crippen molar-refractivity contribution in [2.24, 2.45) is 0 Å². The number of rotatable bonds is 1. The SMILES string of the molecule is Clc1nc2c(c(-n3cccc3)n1)CCC2. The number of hydrogen-bond donors (Lipinski definition) is 0. The van der Waals surface area contributed by atoms with E-state index < -0.39 is 0 Å². The normalized spacial score (nSPS) is 14.2. The van der Waals surface area contributed by atoms with Crippen LogP contribution in [-0.2, 0) is 12.8 Å². The van der Waals surface area contributed by atoms with E-state index in [9.17, 15) is 0 Å². The maximum atomic E-state index is 5.91. The molecule has 0 saturated heterocycles. The predicted molar refractivity (Wildman–Crippen MR) is 58.4 cm³/mol. The number of halogens is 1. The number of nitrogens with zero attached hydrogens (tertiary/aromatic N) is 3. The van der Waals surface area contributed by atoms with E-state index in [0.717, 1.165) is 30.8 Å². The highest BCUT2D eigenvalue weighted by molar-refractivity contribution is 6.28. The molecule has 1 aliphatic carbocycles. The molecular formula is C11H10ClN3. The van der Waals surface area contributed by atoms with Gasteiger partial charge in [-0.1, -0.05) is 0 Å². The van der Waals surface area contributed by atoms with E-state index in [1.807, 2.05) is 29.1 Å². The summed E-state index contributed by atoms with van der Waals surface area (Å²) in [5.41, 5.74) is 2.36. The second-order valence-electron chi connectivity index (χ2n) is 3.69. The molecule has 0 amide bonds. The minimum atomic E-state index is 0.347. The summed E-state index contributed by atoms with van der Waals surface area (Å²) in [6.07, 6.45) is 7.19. The zero-order chi connectivity index (χ0) is 10.3. The number of fused-ring (bicyclic) bond motifs is 1. The smallest absolute Gasteiger partial charge is 0.224 e. The number of aryl methyl sites for hydroxylation is 1. The molecule has 15 heavy (non-hydrogen) atoms. The zero-order valence-electron chi connectivity index (χ0n) is 8.15. The average Bonchev–Trinajstić information content (AvgIpc) is 2.86. The van der Waals surface area contributed by atoms with Crippen molar-refractivity contribution in [3.8, 4) is 5.82 Å². The summed E-state index contributed by atoms with van der Waals surface area (Å²) < 4.78 is 2.00. The lowest BCUT2D eigenvalue weighted by Gasteiger charge is -2.08. The van der Waals surface area contributed by atoms with Gasteiger partial charge >= 0.3 is 0 Å². The standard InChI is InChI=1S/C11H10ClN3/c12-11-13-9-5-3-4-8(9)10(14-11)15-6-1-2-7-15/h1-2,6-7H,3-5H2. The Morgan fingerprint density at radius 3 is 2.73 bits per heavy atom. The Hall–Kier alpha value is -1.35. The second-order valence-corrected chi connectivity index (χ2v) is 4.02. The minimum absolute atomic E-state index is 0.347. The lowest BCUT2D eigenvalue weighted by Crippen LogP contribution is -2.03. The van der Waals surface area contributed by atoms with Gasteiger partial charge in [0.15, 0.2) is 0 Å². The first-order chi connectivity index (χ1) is 7.34. The zero-order valence-corrected chi connectivity index (χ0v) is 8.91. The molecule has 0 aliphatic heterocycles. The largest absolute Gasteiger partial charge is 0.308 e. The van der Waals surface area contributed by atoms with Gasteiger partial charge in [-0.3, -0.25) is 0 Å². The van der Waals surface area contributed by atoms with Gasteiger partial charge in [0.05, 0.1) is 5.69 Å². The van der Waals surface area contributed by atoms with E-state index in [-0.39, 0.29) is 0 Å². The van der Waals surface area contributed by atoms with Crippen LogP contribution in [-0.4, -0.2) is 14.5 Å². The Kier molecular flexibility index (Phi) is 1.99. The predicted octanol–water partition coefficient (Wildman–Crippen LogP) is 2.41. The molecule has 0 aromatic carbocycles. The lowest BCUT2D eigenvalue weighted by atomic mass is 10.2. The van der Waals surface area contributed by atoms with Gasteiger partial charge in [-0.15, -0.1) is 0 Å². The van der Waals surface area contributed by atoms with Crippen molar-refractivity contribution in [2.75, 3.05) is 0 Å². The van der Waals surface area contributed by atoms with Crippen molar-refractivity contribution in [2.45, 2.75) is 19.3 Å². The Morgan fingerprint density at radius 2 is 1.93 bits per heavy atom. The van der Waals surface area contributed by atoms with Gasteiger partial charge in [-0.2, -0.15) is 4.98 Å². The average molecular weight is 220 g/mol. The highest BCUT2D eigenvalue weighted by Gasteiger charge is 2.19. The Morgan fingerprint density at radius 1 is 1.13 bits per heavy atom. The van der Waals surface area contributed by atoms with Crippen LogP contribution in [0.1, 0.15) is 17.7 Å². The number of aromatic nitrogens is 3. The molecule has 2 heterocycles. The van der Waals surface area contributed by atoms with Gasteiger partial charge in [0.25, 0.3) is 0 Å². The third kappa shape index (κ3) is 1.43. The van der Waals surface area contributed by atoms with Gasteiger partial charge in [0, 0.05) is 18.0 Å². The van der Waals surface area contributed by atoms with E-state index >= 15 is 0 Å². The van der Waals surface area contributed by atoms with E-state index in [0.29, 0.717) is 5.28 Å². The van der Waals surface area contributed by atoms with Crippen LogP contribution in [0.5, 0.6) is 0 Å². The molecule has 0 saturated carbocycles. The lowest BCUT2D eigenvalue weighted by molar-refractivity contribution is 0.896. The highest BCUT2D eigenvalue weighted by Crippen LogP contribution is 2.26. The van der Waals surface area contributed by atoms with Crippen LogP contribution in [0.25, 0.3) is 5.82 Å². The topological polar surface area (TPSA) is 30.7 Å². The molecule has 76 valence electrons. The van der Waals surface area contributed by atoms with Gasteiger partial charge in [-0.25, -0.2) is 4.98 Å². The van der Waals surface area contributed by atoms with Crippen molar-refractivity contribution in [1.29, 1.82) is 0 Å². The maximum absolute atomic E-state index is 5.91. The van der Waals surface area contributed by atoms with Crippen molar-refractivity contribution in [1.82, 2.24) is 14.5 Å². The van der Waals surface area contributed by atoms with Crippen molar-refractivity contribution in [3.63, 3.8) is 0 Å². The monoisotopic (exact) mass is 219 g/mol. The van der Waals surface area contributed by atoms with Crippen LogP contribution in [0.15, 0.2) is 24.5 Å². The van der Waals surface area contributed by atoms with Gasteiger partial charge in [-0.05, 0) is 43.0 Å². The third-order valence-corrected chi connectivity index (χ3v) is 2.90. The Bertz CT molecular complexity index is 491. The summed E-state index contributed by atoms with van der Waals surface area (Å²) in [5.74, 6) is 0.938. The molecule has 0 fully saturated rings. The van der Waals surface area contributed by atoms with E-state index in [4.69, 9.17) is 11.6 Å². The number of hydrogen-bond acceptors (Lipinski definition) is 2. The Balaban J connectivity index is 2.23. The Labute approximate surface area is 92.7 Å². The molecule has 0 N–H and O–H groups in total. The molecule has 0 atom stereocenters. The van der Waals surface area contributed by atoms with E-state index in [2.05, 4.69) is 9.97 Å². The summed E-state index contributed by atoms with van der Waals surface area (Å²) in [7, 11) is 0. The molecule has 2 aromatic rings. The van der Waals surface area contributed by atoms with Crippen molar-refractivity contribution in [3.05, 3.63) is 41.1 Å². The highest BCUT2D eigenvalue weighted by atomic mass is 35.5. The molecule has 0 bridgehead atoms. The summed E-state index contributed by atoms with van der Waals surface area (Å²) in [5, 5.41) is 0.347. The van der Waals surface area contributed by atoms with Gasteiger partial charge in [0.1, 0.15) is 5.82 Å². The van der Waals surface area contributed by atoms with Crippen molar-refractivity contribution < 1.29 is 0 Å². The quantitative estimate of drug-likeness (QED) is 0.690. The van der Waals surface area contributed by atoms with Gasteiger partial charge < -0.3 is 4.57 Å². The molecule has 3 nitrogen and oxygen atoms in total. The third-order valence-electron chi connectivity index (χ3n) is 2.73. The second kappa shape index (κ2) is 3.35. The first-order valence-electron chi connectivity index (χ1n) is 5.03. The van der Waals surface area contributed by atoms with Crippen LogP contribution in [0.4, 0.5) is 0 Å². The molecule has 0 radical (unpaired) electrons. The fourth-order valence-electron chi connectivity index (χ4n) is 2.07. The molecule has 1 aliphatic rings. The summed E-state index contributed by atoms with van der Waals surface area (Å²) >= 11 is 5.91. The maximum Gasteiger partial charge on any atom is 0.224 e. The first kappa shape index (κ1) is 8.92. The van der Waals surface area contributed by atoms with Gasteiger partial charge in [0.2, 0.25) is 5.28 Å². The van der Waals surface area contributed by atoms with E-state index in [1.54, 1.807) is 0 Å².